The Kier molecular flexibility index (Phi) is 4.80. The summed E-state index contributed by atoms with van der Waals surface area (Å²) in [5.41, 5.74) is 7.45. The number of nitrogens with two attached hydrogens (primary N) is 1. The molecule has 1 heterocycles. The van der Waals surface area contributed by atoms with Gasteiger partial charge in [0.05, 0.1) is 0 Å². The van der Waals surface area contributed by atoms with Crippen LogP contribution in [0, 0.1) is 11.8 Å². The molecule has 2 rings (SSSR count). The SMILES string of the molecule is CC(C)CC1(CC(C)C)C[C@@H](N)c2ccc(Br)cc2O1. The molecule has 0 saturated carbocycles. The number of benzene rings is 1. The molecule has 3 heteroatoms. The fraction of sp³-hybridized carbons (Fsp3) is 0.647. The van der Waals surface area contributed by atoms with Crippen molar-refractivity contribution in [2.24, 2.45) is 17.6 Å². The quantitative estimate of drug-likeness (QED) is 0.831. The number of hydrogen-bond acceptors (Lipinski definition) is 2. The first-order chi connectivity index (χ1) is 9.31. The van der Waals surface area contributed by atoms with Gasteiger partial charge >= 0.3 is 0 Å². The van der Waals surface area contributed by atoms with Crippen LogP contribution in [0.4, 0.5) is 0 Å². The van der Waals surface area contributed by atoms with E-state index in [1.165, 1.54) is 0 Å². The number of halogens is 1. The molecule has 0 unspecified atom stereocenters. The monoisotopic (exact) mass is 339 g/mol. The molecule has 0 bridgehead atoms. The molecule has 20 heavy (non-hydrogen) atoms. The maximum absolute atomic E-state index is 6.48. The van der Waals surface area contributed by atoms with Crippen LogP contribution in [0.5, 0.6) is 5.75 Å². The van der Waals surface area contributed by atoms with Crippen LogP contribution < -0.4 is 10.5 Å². The minimum atomic E-state index is -0.116. The summed E-state index contributed by atoms with van der Waals surface area (Å²) in [5.74, 6) is 2.17. The van der Waals surface area contributed by atoms with E-state index >= 15 is 0 Å². The Bertz CT molecular complexity index is 460. The van der Waals surface area contributed by atoms with E-state index in [2.05, 4.69) is 55.8 Å². The third-order valence-electron chi connectivity index (χ3n) is 3.85. The van der Waals surface area contributed by atoms with Gasteiger partial charge in [0.25, 0.3) is 0 Å². The van der Waals surface area contributed by atoms with Gasteiger partial charge in [-0.15, -0.1) is 0 Å². The first-order valence-corrected chi connectivity index (χ1v) is 8.35. The number of hydrogen-bond donors (Lipinski definition) is 1. The Hall–Kier alpha value is -0.540. The van der Waals surface area contributed by atoms with E-state index in [4.69, 9.17) is 10.5 Å². The normalized spacial score (nSPS) is 20.9. The molecule has 0 spiro atoms. The van der Waals surface area contributed by atoms with Gasteiger partial charge in [-0.3, -0.25) is 0 Å². The van der Waals surface area contributed by atoms with E-state index in [-0.39, 0.29) is 11.6 Å². The molecule has 1 aliphatic heterocycles. The Labute approximate surface area is 131 Å². The lowest BCUT2D eigenvalue weighted by Crippen LogP contribution is -2.45. The lowest BCUT2D eigenvalue weighted by Gasteiger charge is -2.43. The molecule has 0 aliphatic carbocycles. The molecule has 0 fully saturated rings. The molecule has 1 aliphatic rings. The minimum absolute atomic E-state index is 0.0735. The average molecular weight is 340 g/mol. The van der Waals surface area contributed by atoms with Gasteiger partial charge in [0.2, 0.25) is 0 Å². The molecule has 112 valence electrons. The largest absolute Gasteiger partial charge is 0.487 e. The van der Waals surface area contributed by atoms with Crippen molar-refractivity contribution in [2.45, 2.75) is 58.6 Å². The number of ether oxygens (including phenoxy) is 1. The third kappa shape index (κ3) is 3.56. The Balaban J connectivity index is 2.36. The summed E-state index contributed by atoms with van der Waals surface area (Å²) in [6, 6.07) is 6.26. The van der Waals surface area contributed by atoms with Crippen LogP contribution in [0.3, 0.4) is 0 Å². The summed E-state index contributed by atoms with van der Waals surface area (Å²) < 4.78 is 7.53. The smallest absolute Gasteiger partial charge is 0.126 e. The zero-order valence-electron chi connectivity index (χ0n) is 12.9. The maximum atomic E-state index is 6.48. The van der Waals surface area contributed by atoms with Crippen molar-refractivity contribution >= 4 is 15.9 Å². The van der Waals surface area contributed by atoms with Gasteiger partial charge in [-0.25, -0.2) is 0 Å². The highest BCUT2D eigenvalue weighted by Crippen LogP contribution is 2.45. The van der Waals surface area contributed by atoms with Gasteiger partial charge in [0.15, 0.2) is 0 Å². The zero-order chi connectivity index (χ0) is 14.9. The molecule has 2 nitrogen and oxygen atoms in total. The summed E-state index contributed by atoms with van der Waals surface area (Å²) in [6.07, 6.45) is 3.04. The predicted molar refractivity (Wildman–Crippen MR) is 88.0 cm³/mol. The number of fused-ring (bicyclic) bond motifs is 1. The van der Waals surface area contributed by atoms with Crippen molar-refractivity contribution in [2.75, 3.05) is 0 Å². The van der Waals surface area contributed by atoms with Crippen LogP contribution in [0.1, 0.15) is 58.6 Å². The van der Waals surface area contributed by atoms with Gasteiger partial charge in [0.1, 0.15) is 11.4 Å². The molecule has 1 aromatic rings. The maximum Gasteiger partial charge on any atom is 0.126 e. The molecule has 0 radical (unpaired) electrons. The fourth-order valence-electron chi connectivity index (χ4n) is 3.51. The van der Waals surface area contributed by atoms with Crippen LogP contribution in [0.2, 0.25) is 0 Å². The second-order valence-corrected chi connectivity index (χ2v) is 7.89. The van der Waals surface area contributed by atoms with E-state index in [1.807, 2.05) is 6.07 Å². The van der Waals surface area contributed by atoms with Crippen LogP contribution in [-0.2, 0) is 0 Å². The summed E-state index contributed by atoms with van der Waals surface area (Å²) in [7, 11) is 0. The average Bonchev–Trinajstić information content (AvgIpc) is 2.25. The standard InChI is InChI=1S/C17H26BrNO/c1-11(2)8-17(9-12(3)4)10-15(19)14-6-5-13(18)7-16(14)20-17/h5-7,11-12,15H,8-10,19H2,1-4H3/t15-/m1/s1. The summed E-state index contributed by atoms with van der Waals surface area (Å²) in [6.45, 7) is 9.03. The number of rotatable bonds is 4. The highest BCUT2D eigenvalue weighted by molar-refractivity contribution is 9.10. The highest BCUT2D eigenvalue weighted by Gasteiger charge is 2.40. The van der Waals surface area contributed by atoms with Crippen molar-refractivity contribution in [1.29, 1.82) is 0 Å². The first-order valence-electron chi connectivity index (χ1n) is 7.55. The van der Waals surface area contributed by atoms with Crippen LogP contribution in [0.15, 0.2) is 22.7 Å². The van der Waals surface area contributed by atoms with Crippen molar-refractivity contribution < 1.29 is 4.74 Å². The van der Waals surface area contributed by atoms with Crippen LogP contribution >= 0.6 is 15.9 Å². The van der Waals surface area contributed by atoms with Gasteiger partial charge in [-0.1, -0.05) is 49.7 Å². The van der Waals surface area contributed by atoms with Crippen LogP contribution in [0.25, 0.3) is 0 Å². The Morgan fingerprint density at radius 1 is 1.25 bits per heavy atom. The van der Waals surface area contributed by atoms with Gasteiger partial charge in [-0.2, -0.15) is 0 Å². The first kappa shape index (κ1) is 15.8. The van der Waals surface area contributed by atoms with E-state index in [0.717, 1.165) is 35.0 Å². The van der Waals surface area contributed by atoms with E-state index in [9.17, 15) is 0 Å². The third-order valence-corrected chi connectivity index (χ3v) is 4.35. The topological polar surface area (TPSA) is 35.2 Å². The molecule has 0 amide bonds. The van der Waals surface area contributed by atoms with E-state index in [0.29, 0.717) is 11.8 Å². The van der Waals surface area contributed by atoms with Gasteiger partial charge in [0, 0.05) is 22.5 Å². The van der Waals surface area contributed by atoms with Crippen LogP contribution in [-0.4, -0.2) is 5.60 Å². The van der Waals surface area contributed by atoms with Gasteiger partial charge in [-0.05, 0) is 36.8 Å². The molecule has 0 aromatic heterocycles. The zero-order valence-corrected chi connectivity index (χ0v) is 14.5. The Morgan fingerprint density at radius 3 is 2.40 bits per heavy atom. The lowest BCUT2D eigenvalue weighted by atomic mass is 9.77. The second kappa shape index (κ2) is 6.07. The van der Waals surface area contributed by atoms with Crippen molar-refractivity contribution in [3.8, 4) is 5.75 Å². The second-order valence-electron chi connectivity index (χ2n) is 6.97. The summed E-state index contributed by atoms with van der Waals surface area (Å²) in [5, 5.41) is 0. The highest BCUT2D eigenvalue weighted by atomic mass is 79.9. The summed E-state index contributed by atoms with van der Waals surface area (Å²) in [4.78, 5) is 0. The molecule has 2 N–H and O–H groups in total. The Morgan fingerprint density at radius 2 is 1.85 bits per heavy atom. The molecule has 1 aromatic carbocycles. The minimum Gasteiger partial charge on any atom is -0.487 e. The van der Waals surface area contributed by atoms with Crippen molar-refractivity contribution in [3.05, 3.63) is 28.2 Å². The molecular formula is C17H26BrNO. The fourth-order valence-corrected chi connectivity index (χ4v) is 3.85. The molecule has 1 atom stereocenters. The van der Waals surface area contributed by atoms with Crippen molar-refractivity contribution in [3.63, 3.8) is 0 Å². The van der Waals surface area contributed by atoms with E-state index < -0.39 is 0 Å². The predicted octanol–water partition coefficient (Wildman–Crippen LogP) is 5.06. The lowest BCUT2D eigenvalue weighted by molar-refractivity contribution is -0.00166. The molecular weight excluding hydrogens is 314 g/mol. The van der Waals surface area contributed by atoms with Crippen molar-refractivity contribution in [1.82, 2.24) is 0 Å². The summed E-state index contributed by atoms with van der Waals surface area (Å²) >= 11 is 3.53. The van der Waals surface area contributed by atoms with E-state index in [1.54, 1.807) is 0 Å². The van der Waals surface area contributed by atoms with Gasteiger partial charge < -0.3 is 10.5 Å². The molecule has 0 saturated heterocycles.